The molecule has 182 valence electrons. The van der Waals surface area contributed by atoms with Crippen molar-refractivity contribution in [1.29, 1.82) is 0 Å². The highest BCUT2D eigenvalue weighted by molar-refractivity contribution is 5.73. The number of rotatable bonds is 6. The lowest BCUT2D eigenvalue weighted by Gasteiger charge is -2.06. The van der Waals surface area contributed by atoms with Gasteiger partial charge in [-0.1, -0.05) is 13.3 Å². The first-order valence-corrected chi connectivity index (χ1v) is 8.95. The Balaban J connectivity index is 0.000000570. The third kappa shape index (κ3) is 11.2. The van der Waals surface area contributed by atoms with Gasteiger partial charge >= 0.3 is 24.3 Å². The van der Waals surface area contributed by atoms with Crippen molar-refractivity contribution < 1.29 is 46.1 Å². The van der Waals surface area contributed by atoms with Crippen LogP contribution in [0.15, 0.2) is 12.4 Å². The van der Waals surface area contributed by atoms with E-state index in [0.29, 0.717) is 0 Å². The minimum absolute atomic E-state index is 0.750. The van der Waals surface area contributed by atoms with Gasteiger partial charge in [0.05, 0.1) is 24.6 Å². The maximum Gasteiger partial charge on any atom is 0.490 e. The number of nitrogens with zero attached hydrogens (tertiary/aromatic N) is 3. The quantitative estimate of drug-likeness (QED) is 0.469. The number of aromatic amines is 1. The van der Waals surface area contributed by atoms with E-state index in [-0.39, 0.29) is 0 Å². The summed E-state index contributed by atoms with van der Waals surface area (Å²) in [6.07, 6.45) is -2.99. The second-order valence-corrected chi connectivity index (χ2v) is 6.22. The number of anilines is 1. The number of imidazole rings is 1. The van der Waals surface area contributed by atoms with E-state index < -0.39 is 24.3 Å². The molecule has 0 unspecified atom stereocenters. The molecule has 0 aromatic carbocycles. The zero-order chi connectivity index (χ0) is 25.1. The van der Waals surface area contributed by atoms with Crippen LogP contribution in [0.2, 0.25) is 0 Å². The molecule has 32 heavy (non-hydrogen) atoms. The smallest absolute Gasteiger partial charge is 0.475 e. The van der Waals surface area contributed by atoms with E-state index in [1.165, 1.54) is 12.8 Å². The molecule has 2 aromatic heterocycles. The first kappa shape index (κ1) is 28.7. The number of aromatic nitrogens is 4. The van der Waals surface area contributed by atoms with Crippen LogP contribution in [0.25, 0.3) is 0 Å². The fourth-order valence-corrected chi connectivity index (χ4v) is 1.95. The molecule has 4 N–H and O–H groups in total. The number of aryl methyl sites for hydroxylation is 3. The van der Waals surface area contributed by atoms with Crippen LogP contribution < -0.4 is 5.32 Å². The number of H-pyrrole nitrogens is 1. The molecule has 9 nitrogen and oxygen atoms in total. The highest BCUT2D eigenvalue weighted by Crippen LogP contribution is 2.14. The Morgan fingerprint density at radius 3 is 1.97 bits per heavy atom. The number of halogens is 6. The average molecular weight is 475 g/mol. The molecule has 0 saturated heterocycles. The molecule has 0 amide bonds. The third-order valence-electron chi connectivity index (χ3n) is 3.50. The van der Waals surface area contributed by atoms with Crippen LogP contribution in [0.5, 0.6) is 0 Å². The van der Waals surface area contributed by atoms with E-state index in [1.54, 1.807) is 0 Å². The Bertz CT molecular complexity index is 817. The molecular weight excluding hydrogens is 452 g/mol. The lowest BCUT2D eigenvalue weighted by atomic mass is 10.2. The summed E-state index contributed by atoms with van der Waals surface area (Å²) in [6, 6.07) is 0. The Kier molecular flexibility index (Phi) is 11.3. The highest BCUT2D eigenvalue weighted by atomic mass is 19.4. The molecule has 0 spiro atoms. The monoisotopic (exact) mass is 475 g/mol. The molecule has 15 heteroatoms. The molecule has 2 rings (SSSR count). The zero-order valence-electron chi connectivity index (χ0n) is 17.3. The highest BCUT2D eigenvalue weighted by Gasteiger charge is 2.38. The molecule has 0 aliphatic rings. The Hall–Kier alpha value is -3.26. The number of hydrogen-bond acceptors (Lipinski definition) is 5. The van der Waals surface area contributed by atoms with Crippen LogP contribution in [0, 0.1) is 6.92 Å². The number of nitrogens with one attached hydrogen (secondary N) is 2. The molecule has 0 saturated carbocycles. The Morgan fingerprint density at radius 1 is 1.09 bits per heavy atom. The van der Waals surface area contributed by atoms with E-state index in [0.717, 1.165) is 35.9 Å². The summed E-state index contributed by atoms with van der Waals surface area (Å²) in [6.45, 7) is 4.99. The van der Waals surface area contributed by atoms with Gasteiger partial charge in [0, 0.05) is 19.0 Å². The zero-order valence-corrected chi connectivity index (χ0v) is 17.3. The topological polar surface area (TPSA) is 133 Å². The SMILES string of the molecule is CCCCc1ncc(CNc2c(C)cnn2C)[nH]1.O=C(O)C(F)(F)F.O=C(O)C(F)(F)F. The van der Waals surface area contributed by atoms with Gasteiger partial charge in [0.25, 0.3) is 0 Å². The Labute approximate surface area is 178 Å². The summed E-state index contributed by atoms with van der Waals surface area (Å²) in [5, 5.41) is 21.8. The molecule has 0 aliphatic carbocycles. The second kappa shape index (κ2) is 12.6. The van der Waals surface area contributed by atoms with Crippen molar-refractivity contribution in [2.75, 3.05) is 5.32 Å². The largest absolute Gasteiger partial charge is 0.490 e. The van der Waals surface area contributed by atoms with Crippen LogP contribution in [0.1, 0.15) is 36.8 Å². The summed E-state index contributed by atoms with van der Waals surface area (Å²) < 4.78 is 65.3. The van der Waals surface area contributed by atoms with Gasteiger partial charge in [-0.05, 0) is 13.3 Å². The molecule has 0 bridgehead atoms. The maximum atomic E-state index is 10.6. The van der Waals surface area contributed by atoms with E-state index in [1.807, 2.05) is 24.1 Å². The normalized spacial score (nSPS) is 11.0. The van der Waals surface area contributed by atoms with Crippen LogP contribution in [-0.2, 0) is 29.6 Å². The molecule has 0 fully saturated rings. The number of carboxylic acids is 2. The summed E-state index contributed by atoms with van der Waals surface area (Å²) in [5.74, 6) is -3.38. The molecule has 2 heterocycles. The minimum atomic E-state index is -5.08. The van der Waals surface area contributed by atoms with Gasteiger partial charge in [0.1, 0.15) is 11.6 Å². The van der Waals surface area contributed by atoms with Gasteiger partial charge in [-0.2, -0.15) is 31.4 Å². The van der Waals surface area contributed by atoms with Gasteiger partial charge in [-0.25, -0.2) is 14.6 Å². The van der Waals surface area contributed by atoms with Crippen molar-refractivity contribution in [3.05, 3.63) is 29.5 Å². The predicted octanol–water partition coefficient (Wildman–Crippen LogP) is 3.67. The first-order chi connectivity index (χ1) is 14.6. The van der Waals surface area contributed by atoms with Crippen molar-refractivity contribution in [1.82, 2.24) is 19.7 Å². The van der Waals surface area contributed by atoms with Gasteiger partial charge in [-0.15, -0.1) is 0 Å². The van der Waals surface area contributed by atoms with Crippen molar-refractivity contribution in [2.45, 2.75) is 52.0 Å². The fourth-order valence-electron chi connectivity index (χ4n) is 1.95. The van der Waals surface area contributed by atoms with Gasteiger partial charge in [0.15, 0.2) is 0 Å². The van der Waals surface area contributed by atoms with E-state index in [4.69, 9.17) is 19.8 Å². The first-order valence-electron chi connectivity index (χ1n) is 8.95. The molecular formula is C17H23F6N5O4. The predicted molar refractivity (Wildman–Crippen MR) is 99.9 cm³/mol. The number of carbonyl (C=O) groups is 2. The summed E-state index contributed by atoms with van der Waals surface area (Å²) >= 11 is 0. The number of alkyl halides is 6. The number of unbranched alkanes of at least 4 members (excludes halogenated alkanes) is 1. The average Bonchev–Trinajstić information content (AvgIpc) is 3.24. The van der Waals surface area contributed by atoms with Gasteiger partial charge in [0.2, 0.25) is 0 Å². The third-order valence-corrected chi connectivity index (χ3v) is 3.50. The van der Waals surface area contributed by atoms with E-state index in [2.05, 4.69) is 34.2 Å². The number of carboxylic acid groups (broad SMARTS) is 2. The Morgan fingerprint density at radius 2 is 1.59 bits per heavy atom. The molecule has 2 aromatic rings. The standard InChI is InChI=1S/C13H21N5.2C2HF3O2/c1-4-5-6-12-14-8-11(17-12)9-15-13-10(2)7-16-18(13)3;2*3-2(4,5)1(6)7/h7-8,15H,4-6,9H2,1-3H3,(H,14,17);2*(H,6,7). The lowest BCUT2D eigenvalue weighted by molar-refractivity contribution is -0.193. The van der Waals surface area contributed by atoms with Crippen LogP contribution in [0.4, 0.5) is 32.2 Å². The van der Waals surface area contributed by atoms with Crippen molar-refractivity contribution in [3.8, 4) is 0 Å². The van der Waals surface area contributed by atoms with Crippen molar-refractivity contribution in [2.24, 2.45) is 7.05 Å². The second-order valence-electron chi connectivity index (χ2n) is 6.22. The van der Waals surface area contributed by atoms with E-state index >= 15 is 0 Å². The summed E-state index contributed by atoms with van der Waals surface area (Å²) in [4.78, 5) is 25.5. The van der Waals surface area contributed by atoms with Crippen molar-refractivity contribution >= 4 is 17.8 Å². The molecule has 0 aliphatic heterocycles. The summed E-state index contributed by atoms with van der Waals surface area (Å²) in [5.41, 5.74) is 2.27. The number of hydrogen-bond donors (Lipinski definition) is 4. The number of aliphatic carboxylic acids is 2. The van der Waals surface area contributed by atoms with Crippen LogP contribution in [-0.4, -0.2) is 54.3 Å². The minimum Gasteiger partial charge on any atom is -0.475 e. The van der Waals surface area contributed by atoms with Crippen LogP contribution in [0.3, 0.4) is 0 Å². The van der Waals surface area contributed by atoms with Crippen LogP contribution >= 0.6 is 0 Å². The summed E-state index contributed by atoms with van der Waals surface area (Å²) in [7, 11) is 1.94. The van der Waals surface area contributed by atoms with Crippen molar-refractivity contribution in [3.63, 3.8) is 0 Å². The van der Waals surface area contributed by atoms with E-state index in [9.17, 15) is 26.3 Å². The molecule has 0 radical (unpaired) electrons. The fraction of sp³-hybridized carbons (Fsp3) is 0.529. The van der Waals surface area contributed by atoms with Gasteiger partial charge in [-0.3, -0.25) is 4.68 Å². The maximum absolute atomic E-state index is 10.6. The molecule has 0 atom stereocenters. The van der Waals surface area contributed by atoms with Gasteiger partial charge < -0.3 is 20.5 Å². The lowest BCUT2D eigenvalue weighted by Crippen LogP contribution is -2.21.